The smallest absolute Gasteiger partial charge is 0.254 e. The van der Waals surface area contributed by atoms with Crippen molar-refractivity contribution < 1.29 is 4.79 Å². The third kappa shape index (κ3) is 5.59. The first-order valence-electron chi connectivity index (χ1n) is 10.2. The van der Waals surface area contributed by atoms with Crippen LogP contribution in [0.1, 0.15) is 61.4 Å². The van der Waals surface area contributed by atoms with E-state index in [9.17, 15) is 4.79 Å². The summed E-state index contributed by atoms with van der Waals surface area (Å²) in [7, 11) is 0. The van der Waals surface area contributed by atoms with Gasteiger partial charge in [0, 0.05) is 43.4 Å². The molecule has 2 heterocycles. The number of pyridine rings is 1. The van der Waals surface area contributed by atoms with Crippen LogP contribution in [0, 0.1) is 0 Å². The monoisotopic (exact) mass is 376 g/mol. The first-order chi connectivity index (χ1) is 13.8. The summed E-state index contributed by atoms with van der Waals surface area (Å²) < 4.78 is 0. The van der Waals surface area contributed by atoms with E-state index in [-0.39, 0.29) is 5.91 Å². The van der Waals surface area contributed by atoms with Crippen molar-refractivity contribution in [1.29, 1.82) is 0 Å². The lowest BCUT2D eigenvalue weighted by molar-refractivity contribution is 0.0740. The van der Waals surface area contributed by atoms with E-state index >= 15 is 0 Å². The van der Waals surface area contributed by atoms with Gasteiger partial charge in [-0.2, -0.15) is 0 Å². The number of unbranched alkanes of at least 4 members (excludes halogenated alkanes) is 5. The minimum atomic E-state index is 0.0324. The normalized spacial score (nSPS) is 10.9. The van der Waals surface area contributed by atoms with Gasteiger partial charge in [0.25, 0.3) is 5.91 Å². The van der Waals surface area contributed by atoms with E-state index in [1.165, 1.54) is 25.7 Å². The highest BCUT2D eigenvalue weighted by Crippen LogP contribution is 2.16. The summed E-state index contributed by atoms with van der Waals surface area (Å²) in [5.41, 5.74) is 3.24. The Morgan fingerprint density at radius 2 is 1.71 bits per heavy atom. The van der Waals surface area contributed by atoms with E-state index in [2.05, 4.69) is 21.9 Å². The number of carbonyl (C=O) groups excluding carboxylic acids is 1. The fraction of sp³-hybridized carbons (Fsp3) is 0.391. The number of fused-ring (bicyclic) bond motifs is 1. The zero-order chi connectivity index (χ0) is 19.6. The van der Waals surface area contributed by atoms with Crippen molar-refractivity contribution in [2.45, 2.75) is 52.0 Å². The van der Waals surface area contributed by atoms with Gasteiger partial charge in [0.15, 0.2) is 0 Å². The molecule has 0 unspecified atom stereocenters. The number of carbonyl (C=O) groups is 1. The highest BCUT2D eigenvalue weighted by atomic mass is 16.2. The molecule has 5 nitrogen and oxygen atoms in total. The molecule has 0 radical (unpaired) electrons. The molecule has 1 aromatic carbocycles. The van der Waals surface area contributed by atoms with E-state index in [1.807, 2.05) is 41.4 Å². The molecule has 0 bridgehead atoms. The highest BCUT2D eigenvalue weighted by molar-refractivity contribution is 5.97. The first kappa shape index (κ1) is 19.9. The van der Waals surface area contributed by atoms with Crippen molar-refractivity contribution in [3.05, 3.63) is 66.2 Å². The van der Waals surface area contributed by atoms with Crippen molar-refractivity contribution in [1.82, 2.24) is 19.9 Å². The molecule has 0 fully saturated rings. The van der Waals surface area contributed by atoms with Gasteiger partial charge in [-0.1, -0.05) is 45.1 Å². The van der Waals surface area contributed by atoms with Crippen molar-refractivity contribution in [2.75, 3.05) is 6.54 Å². The summed E-state index contributed by atoms with van der Waals surface area (Å²) >= 11 is 0. The number of nitrogens with zero attached hydrogens (tertiary/aromatic N) is 4. The standard InChI is InChI=1S/C23H28N4O/c1-2-3-4-5-6-7-15-27(18-19-9-8-12-24-17-19)23(28)20-10-11-21-22(16-20)26-14-13-25-21/h8-14,16-17H,2-7,15,18H2,1H3. The highest BCUT2D eigenvalue weighted by Gasteiger charge is 2.17. The summed E-state index contributed by atoms with van der Waals surface area (Å²) in [6.07, 6.45) is 14.1. The Morgan fingerprint density at radius 1 is 0.929 bits per heavy atom. The number of benzene rings is 1. The molecule has 2 aromatic heterocycles. The number of rotatable bonds is 10. The minimum absolute atomic E-state index is 0.0324. The Hall–Kier alpha value is -2.82. The van der Waals surface area contributed by atoms with Crippen molar-refractivity contribution >= 4 is 16.9 Å². The predicted octanol–water partition coefficient (Wildman–Crippen LogP) is 5.03. The van der Waals surface area contributed by atoms with E-state index in [0.717, 1.165) is 36.0 Å². The molecule has 3 aromatic rings. The first-order valence-corrected chi connectivity index (χ1v) is 10.2. The molecule has 0 N–H and O–H groups in total. The molecule has 1 amide bonds. The van der Waals surface area contributed by atoms with Gasteiger partial charge in [-0.25, -0.2) is 0 Å². The topological polar surface area (TPSA) is 59.0 Å². The van der Waals surface area contributed by atoms with Crippen LogP contribution in [0.2, 0.25) is 0 Å². The SMILES string of the molecule is CCCCCCCCN(Cc1cccnc1)C(=O)c1ccc2nccnc2c1. The fourth-order valence-electron chi connectivity index (χ4n) is 3.33. The van der Waals surface area contributed by atoms with Gasteiger partial charge >= 0.3 is 0 Å². The van der Waals surface area contributed by atoms with Gasteiger partial charge in [0.05, 0.1) is 11.0 Å². The van der Waals surface area contributed by atoms with Crippen LogP contribution in [0.5, 0.6) is 0 Å². The van der Waals surface area contributed by atoms with Crippen LogP contribution >= 0.6 is 0 Å². The number of hydrogen-bond acceptors (Lipinski definition) is 4. The van der Waals surface area contributed by atoms with Crippen LogP contribution in [-0.2, 0) is 6.54 Å². The maximum atomic E-state index is 13.2. The summed E-state index contributed by atoms with van der Waals surface area (Å²) in [5, 5.41) is 0. The molecule has 0 aliphatic heterocycles. The number of amides is 1. The lowest BCUT2D eigenvalue weighted by Crippen LogP contribution is -2.31. The maximum Gasteiger partial charge on any atom is 0.254 e. The molecule has 5 heteroatoms. The van der Waals surface area contributed by atoms with Gasteiger partial charge in [-0.05, 0) is 36.2 Å². The Morgan fingerprint density at radius 3 is 2.50 bits per heavy atom. The molecule has 0 aliphatic carbocycles. The van der Waals surface area contributed by atoms with Crippen LogP contribution in [-0.4, -0.2) is 32.3 Å². The largest absolute Gasteiger partial charge is 0.334 e. The van der Waals surface area contributed by atoms with E-state index < -0.39 is 0 Å². The van der Waals surface area contributed by atoms with Gasteiger partial charge in [-0.15, -0.1) is 0 Å². The third-order valence-corrected chi connectivity index (χ3v) is 4.88. The summed E-state index contributed by atoms with van der Waals surface area (Å²) in [6.45, 7) is 3.54. The minimum Gasteiger partial charge on any atom is -0.334 e. The second-order valence-corrected chi connectivity index (χ2v) is 7.12. The Kier molecular flexibility index (Phi) is 7.47. The van der Waals surface area contributed by atoms with Crippen molar-refractivity contribution in [2.24, 2.45) is 0 Å². The lowest BCUT2D eigenvalue weighted by atomic mass is 10.1. The molecule has 0 atom stereocenters. The summed E-state index contributed by atoms with van der Waals surface area (Å²) in [5.74, 6) is 0.0324. The van der Waals surface area contributed by atoms with Crippen molar-refractivity contribution in [3.8, 4) is 0 Å². The number of hydrogen-bond donors (Lipinski definition) is 0. The van der Waals surface area contributed by atoms with Crippen LogP contribution < -0.4 is 0 Å². The predicted molar refractivity (Wildman–Crippen MR) is 112 cm³/mol. The Labute approximate surface area is 166 Å². The van der Waals surface area contributed by atoms with Gasteiger partial charge in [-0.3, -0.25) is 19.7 Å². The average molecular weight is 377 g/mol. The molecule has 146 valence electrons. The quantitative estimate of drug-likeness (QED) is 0.466. The van der Waals surface area contributed by atoms with Crippen LogP contribution in [0.25, 0.3) is 11.0 Å². The molecule has 0 spiro atoms. The average Bonchev–Trinajstić information content (AvgIpc) is 2.75. The molecule has 0 saturated carbocycles. The lowest BCUT2D eigenvalue weighted by Gasteiger charge is -2.23. The van der Waals surface area contributed by atoms with E-state index in [4.69, 9.17) is 0 Å². The van der Waals surface area contributed by atoms with Crippen molar-refractivity contribution in [3.63, 3.8) is 0 Å². The van der Waals surface area contributed by atoms with Crippen LogP contribution in [0.3, 0.4) is 0 Å². The fourth-order valence-corrected chi connectivity index (χ4v) is 3.33. The van der Waals surface area contributed by atoms with E-state index in [0.29, 0.717) is 12.1 Å². The maximum absolute atomic E-state index is 13.2. The Balaban J connectivity index is 1.71. The van der Waals surface area contributed by atoms with E-state index in [1.54, 1.807) is 18.6 Å². The zero-order valence-corrected chi connectivity index (χ0v) is 16.6. The summed E-state index contributed by atoms with van der Waals surface area (Å²) in [6, 6.07) is 9.47. The zero-order valence-electron chi connectivity index (χ0n) is 16.6. The molecule has 3 rings (SSSR count). The van der Waals surface area contributed by atoms with Gasteiger partial charge in [0.1, 0.15) is 0 Å². The molecular formula is C23H28N4O. The van der Waals surface area contributed by atoms with Crippen LogP contribution in [0.4, 0.5) is 0 Å². The third-order valence-electron chi connectivity index (χ3n) is 4.88. The molecule has 0 aliphatic rings. The van der Waals surface area contributed by atoms with Crippen LogP contribution in [0.15, 0.2) is 55.1 Å². The van der Waals surface area contributed by atoms with Gasteiger partial charge < -0.3 is 4.90 Å². The Bertz CT molecular complexity index is 882. The number of aromatic nitrogens is 3. The second-order valence-electron chi connectivity index (χ2n) is 7.12. The molecule has 28 heavy (non-hydrogen) atoms. The molecule has 0 saturated heterocycles. The van der Waals surface area contributed by atoms with Gasteiger partial charge in [0.2, 0.25) is 0 Å². The molecular weight excluding hydrogens is 348 g/mol. The summed E-state index contributed by atoms with van der Waals surface area (Å²) in [4.78, 5) is 27.9. The second kappa shape index (κ2) is 10.5.